The molecule has 0 aromatic carbocycles. The molecule has 2 heterocycles. The van der Waals surface area contributed by atoms with Crippen LogP contribution in [-0.4, -0.2) is 27.8 Å². The third-order valence-electron chi connectivity index (χ3n) is 2.73. The molecule has 0 fully saturated rings. The highest BCUT2D eigenvalue weighted by molar-refractivity contribution is 7.11. The van der Waals surface area contributed by atoms with Gasteiger partial charge in [0.2, 0.25) is 0 Å². The van der Waals surface area contributed by atoms with E-state index in [9.17, 15) is 4.79 Å². The van der Waals surface area contributed by atoms with Gasteiger partial charge in [-0.15, -0.1) is 11.3 Å². The van der Waals surface area contributed by atoms with E-state index in [1.165, 1.54) is 9.75 Å². The maximum absolute atomic E-state index is 11.9. The maximum atomic E-state index is 11.9. The summed E-state index contributed by atoms with van der Waals surface area (Å²) in [6.45, 7) is 3.20. The number of hydrogen-bond acceptors (Lipinski definition) is 3. The lowest BCUT2D eigenvalue weighted by Gasteiger charge is -2.16. The minimum absolute atomic E-state index is 0.0742. The van der Waals surface area contributed by atoms with Gasteiger partial charge in [0.15, 0.2) is 0 Å². The van der Waals surface area contributed by atoms with Gasteiger partial charge in [-0.05, 0) is 19.1 Å². The molecule has 6 heteroatoms. The fourth-order valence-corrected chi connectivity index (χ4v) is 2.61. The number of carbonyl (C=O) groups excluding carboxylic acids is 1. The van der Waals surface area contributed by atoms with Crippen LogP contribution in [0.3, 0.4) is 0 Å². The van der Waals surface area contributed by atoms with E-state index in [2.05, 4.69) is 23.4 Å². The van der Waals surface area contributed by atoms with Crippen LogP contribution in [0.15, 0.2) is 24.5 Å². The van der Waals surface area contributed by atoms with E-state index < -0.39 is 0 Å². The summed E-state index contributed by atoms with van der Waals surface area (Å²) in [7, 11) is 3.64. The molecule has 0 aliphatic carbocycles. The van der Waals surface area contributed by atoms with E-state index in [1.807, 2.05) is 19.3 Å². The van der Waals surface area contributed by atoms with Crippen LogP contribution in [0.2, 0.25) is 0 Å². The highest BCUT2D eigenvalue weighted by Crippen LogP contribution is 2.14. The summed E-state index contributed by atoms with van der Waals surface area (Å²) in [6.07, 6.45) is 3.68. The van der Waals surface area contributed by atoms with E-state index in [0.29, 0.717) is 13.1 Å². The van der Waals surface area contributed by atoms with E-state index in [4.69, 9.17) is 0 Å². The fourth-order valence-electron chi connectivity index (χ4n) is 1.78. The predicted octanol–water partition coefficient (Wildman–Crippen LogP) is 2.13. The van der Waals surface area contributed by atoms with Crippen LogP contribution in [0.5, 0.6) is 0 Å². The van der Waals surface area contributed by atoms with Crippen LogP contribution in [0.25, 0.3) is 0 Å². The Bertz CT molecular complexity index is 560. The van der Waals surface area contributed by atoms with E-state index in [-0.39, 0.29) is 6.03 Å². The Hall–Kier alpha value is -1.82. The van der Waals surface area contributed by atoms with Crippen molar-refractivity contribution in [1.29, 1.82) is 0 Å². The molecule has 0 unspecified atom stereocenters. The van der Waals surface area contributed by atoms with E-state index in [1.54, 1.807) is 34.2 Å². The lowest BCUT2D eigenvalue weighted by atomic mass is 10.3. The number of thiophene rings is 1. The molecular weight excluding hydrogens is 260 g/mol. The molecule has 5 nitrogen and oxygen atoms in total. The number of carbonyl (C=O) groups is 1. The molecule has 0 bridgehead atoms. The van der Waals surface area contributed by atoms with Crippen molar-refractivity contribution in [2.45, 2.75) is 20.0 Å². The van der Waals surface area contributed by atoms with Crippen molar-refractivity contribution in [3.63, 3.8) is 0 Å². The second-order valence-electron chi connectivity index (χ2n) is 4.55. The zero-order chi connectivity index (χ0) is 13.8. The quantitative estimate of drug-likeness (QED) is 0.931. The number of rotatable bonds is 4. The molecule has 0 aliphatic heterocycles. The van der Waals surface area contributed by atoms with Gasteiger partial charge in [0.1, 0.15) is 0 Å². The number of hydrogen-bond donors (Lipinski definition) is 1. The van der Waals surface area contributed by atoms with Gasteiger partial charge >= 0.3 is 6.03 Å². The van der Waals surface area contributed by atoms with Crippen LogP contribution < -0.4 is 5.32 Å². The second-order valence-corrected chi connectivity index (χ2v) is 5.92. The van der Waals surface area contributed by atoms with Gasteiger partial charge in [-0.2, -0.15) is 5.10 Å². The molecule has 2 amide bonds. The molecule has 2 aromatic rings. The summed E-state index contributed by atoms with van der Waals surface area (Å²) in [4.78, 5) is 16.0. The van der Waals surface area contributed by atoms with E-state index >= 15 is 0 Å². The Morgan fingerprint density at radius 2 is 2.32 bits per heavy atom. The van der Waals surface area contributed by atoms with Crippen molar-refractivity contribution in [2.24, 2.45) is 7.05 Å². The Kier molecular flexibility index (Phi) is 4.21. The van der Waals surface area contributed by atoms with Crippen LogP contribution >= 0.6 is 11.3 Å². The van der Waals surface area contributed by atoms with Gasteiger partial charge in [0.05, 0.1) is 19.3 Å². The minimum Gasteiger partial charge on any atom is -0.333 e. The minimum atomic E-state index is -0.0742. The van der Waals surface area contributed by atoms with Crippen molar-refractivity contribution >= 4 is 17.4 Å². The molecule has 0 spiro atoms. The molecule has 102 valence electrons. The SMILES string of the molecule is Cc1ccc(CNC(=O)N(C)Cc2cnn(C)c2)s1. The summed E-state index contributed by atoms with van der Waals surface area (Å²) in [6, 6.07) is 4.03. The van der Waals surface area contributed by atoms with Crippen molar-refractivity contribution in [3.8, 4) is 0 Å². The zero-order valence-electron chi connectivity index (χ0n) is 11.4. The normalized spacial score (nSPS) is 10.5. The summed E-state index contributed by atoms with van der Waals surface area (Å²) < 4.78 is 1.73. The lowest BCUT2D eigenvalue weighted by molar-refractivity contribution is 0.206. The Morgan fingerprint density at radius 3 is 2.89 bits per heavy atom. The first kappa shape index (κ1) is 13.6. The summed E-state index contributed by atoms with van der Waals surface area (Å²) in [5.41, 5.74) is 1.02. The first-order valence-electron chi connectivity index (χ1n) is 6.06. The number of urea groups is 1. The average molecular weight is 278 g/mol. The maximum Gasteiger partial charge on any atom is 0.317 e. The monoisotopic (exact) mass is 278 g/mol. The van der Waals surface area contributed by atoms with Crippen molar-refractivity contribution in [3.05, 3.63) is 39.8 Å². The molecule has 2 rings (SSSR count). The molecule has 0 atom stereocenters. The van der Waals surface area contributed by atoms with Gasteiger partial charge in [0.25, 0.3) is 0 Å². The van der Waals surface area contributed by atoms with Crippen LogP contribution in [0.4, 0.5) is 4.79 Å². The lowest BCUT2D eigenvalue weighted by Crippen LogP contribution is -2.36. The smallest absolute Gasteiger partial charge is 0.317 e. The molecule has 19 heavy (non-hydrogen) atoms. The van der Waals surface area contributed by atoms with Crippen molar-refractivity contribution in [2.75, 3.05) is 7.05 Å². The third kappa shape index (κ3) is 3.82. The number of nitrogens with zero attached hydrogens (tertiary/aromatic N) is 3. The van der Waals surface area contributed by atoms with E-state index in [0.717, 1.165) is 5.56 Å². The average Bonchev–Trinajstić information content (AvgIpc) is 2.95. The zero-order valence-corrected chi connectivity index (χ0v) is 12.2. The highest BCUT2D eigenvalue weighted by Gasteiger charge is 2.10. The van der Waals surface area contributed by atoms with Gasteiger partial charge < -0.3 is 10.2 Å². The molecule has 0 saturated heterocycles. The Morgan fingerprint density at radius 1 is 1.53 bits per heavy atom. The van der Waals surface area contributed by atoms with Gasteiger partial charge in [-0.3, -0.25) is 4.68 Å². The molecule has 0 radical (unpaired) electrons. The first-order chi connectivity index (χ1) is 9.04. The molecule has 1 N–H and O–H groups in total. The predicted molar refractivity (Wildman–Crippen MR) is 76.0 cm³/mol. The number of aryl methyl sites for hydroxylation is 2. The fraction of sp³-hybridized carbons (Fsp3) is 0.385. The van der Waals surface area contributed by atoms with Gasteiger partial charge in [0, 0.05) is 35.6 Å². The molecular formula is C13H18N4OS. The largest absolute Gasteiger partial charge is 0.333 e. The summed E-state index contributed by atoms with van der Waals surface area (Å²) in [5.74, 6) is 0. The number of aromatic nitrogens is 2. The van der Waals surface area contributed by atoms with Crippen molar-refractivity contribution < 1.29 is 4.79 Å². The summed E-state index contributed by atoms with van der Waals surface area (Å²) in [5, 5.41) is 6.99. The van der Waals surface area contributed by atoms with Crippen LogP contribution in [-0.2, 0) is 20.1 Å². The van der Waals surface area contributed by atoms with Crippen LogP contribution in [0.1, 0.15) is 15.3 Å². The number of amides is 2. The van der Waals surface area contributed by atoms with Crippen molar-refractivity contribution in [1.82, 2.24) is 20.0 Å². The Balaban J connectivity index is 1.82. The number of nitrogens with one attached hydrogen (secondary N) is 1. The van der Waals surface area contributed by atoms with Gasteiger partial charge in [-0.1, -0.05) is 0 Å². The molecule has 0 aliphatic rings. The summed E-state index contributed by atoms with van der Waals surface area (Å²) >= 11 is 1.70. The first-order valence-corrected chi connectivity index (χ1v) is 6.88. The van der Waals surface area contributed by atoms with Gasteiger partial charge in [-0.25, -0.2) is 4.79 Å². The molecule has 2 aromatic heterocycles. The highest BCUT2D eigenvalue weighted by atomic mass is 32.1. The molecule has 0 saturated carbocycles. The second kappa shape index (κ2) is 5.88. The Labute approximate surface area is 116 Å². The third-order valence-corrected chi connectivity index (χ3v) is 3.74. The topological polar surface area (TPSA) is 50.2 Å². The standard InChI is InChI=1S/C13H18N4OS/c1-10-4-5-12(19-10)7-14-13(18)16(2)8-11-6-15-17(3)9-11/h4-6,9H,7-8H2,1-3H3,(H,14,18). The van der Waals surface area contributed by atoms with Crippen LogP contribution in [0, 0.1) is 6.92 Å².